The average Bonchev–Trinajstić information content (AvgIpc) is 3.25. The first-order valence-electron chi connectivity index (χ1n) is 10.5. The summed E-state index contributed by atoms with van der Waals surface area (Å²) in [6.07, 6.45) is 0.117. The van der Waals surface area contributed by atoms with Crippen molar-refractivity contribution in [2.75, 3.05) is 0 Å². The van der Waals surface area contributed by atoms with Crippen LogP contribution in [-0.4, -0.2) is 20.7 Å². The maximum Gasteiger partial charge on any atom is 0.224 e. The zero-order valence-corrected chi connectivity index (χ0v) is 20.5. The third kappa shape index (κ3) is 5.97. The van der Waals surface area contributed by atoms with Crippen molar-refractivity contribution in [3.05, 3.63) is 106 Å². The Morgan fingerprint density at radius 1 is 1.03 bits per heavy atom. The fourth-order valence-electron chi connectivity index (χ4n) is 3.41. The second kappa shape index (κ2) is 11.0. The van der Waals surface area contributed by atoms with Crippen LogP contribution in [0, 0.1) is 5.82 Å². The van der Waals surface area contributed by atoms with Gasteiger partial charge in [-0.2, -0.15) is 0 Å². The van der Waals surface area contributed by atoms with E-state index in [1.54, 1.807) is 30.3 Å². The van der Waals surface area contributed by atoms with E-state index in [2.05, 4.69) is 15.5 Å². The van der Waals surface area contributed by atoms with Crippen LogP contribution in [0.25, 0.3) is 5.69 Å². The van der Waals surface area contributed by atoms with E-state index in [1.165, 1.54) is 23.9 Å². The Morgan fingerprint density at radius 2 is 1.76 bits per heavy atom. The Balaban J connectivity index is 1.60. The summed E-state index contributed by atoms with van der Waals surface area (Å²) in [5, 5.41) is 13.3. The monoisotopic (exact) mass is 514 g/mol. The number of nitrogens with one attached hydrogen (secondary N) is 1. The molecule has 9 heteroatoms. The molecule has 0 spiro atoms. The van der Waals surface area contributed by atoms with E-state index in [-0.39, 0.29) is 18.1 Å². The Kier molecular flexibility index (Phi) is 7.88. The predicted octanol–water partition coefficient (Wildman–Crippen LogP) is 6.43. The number of hydrogen-bond donors (Lipinski definition) is 1. The Labute approximate surface area is 211 Å². The van der Waals surface area contributed by atoms with E-state index in [0.29, 0.717) is 38.0 Å². The summed E-state index contributed by atoms with van der Waals surface area (Å²) in [5.41, 5.74) is 2.48. The lowest BCUT2D eigenvalue weighted by Gasteiger charge is -2.17. The summed E-state index contributed by atoms with van der Waals surface area (Å²) in [5.74, 6) is 0.642. The molecule has 0 fully saturated rings. The van der Waals surface area contributed by atoms with Crippen molar-refractivity contribution in [3.63, 3.8) is 0 Å². The van der Waals surface area contributed by atoms with Crippen LogP contribution in [-0.2, 0) is 17.0 Å². The predicted molar refractivity (Wildman–Crippen MR) is 134 cm³/mol. The van der Waals surface area contributed by atoms with Crippen LogP contribution in [0.5, 0.6) is 0 Å². The molecule has 0 bridgehead atoms. The van der Waals surface area contributed by atoms with Crippen LogP contribution in [0.3, 0.4) is 0 Å². The van der Waals surface area contributed by atoms with E-state index in [0.717, 1.165) is 5.56 Å². The van der Waals surface area contributed by atoms with Crippen LogP contribution in [0.15, 0.2) is 78.0 Å². The van der Waals surface area contributed by atoms with Gasteiger partial charge in [-0.25, -0.2) is 4.39 Å². The molecule has 1 amide bonds. The van der Waals surface area contributed by atoms with E-state index in [9.17, 15) is 9.18 Å². The molecule has 0 saturated carbocycles. The van der Waals surface area contributed by atoms with Crippen LogP contribution in [0.1, 0.15) is 29.9 Å². The summed E-state index contributed by atoms with van der Waals surface area (Å²) in [4.78, 5) is 12.7. The molecule has 0 aliphatic carbocycles. The van der Waals surface area contributed by atoms with Gasteiger partial charge in [0, 0.05) is 10.8 Å². The first-order chi connectivity index (χ1) is 16.4. The molecule has 3 aromatic carbocycles. The van der Waals surface area contributed by atoms with Gasteiger partial charge in [0.25, 0.3) is 0 Å². The van der Waals surface area contributed by atoms with Crippen molar-refractivity contribution in [1.82, 2.24) is 20.1 Å². The molecular formula is C25H21Cl2FN4OS. The molecule has 1 heterocycles. The maximum absolute atomic E-state index is 13.2. The lowest BCUT2D eigenvalue weighted by molar-refractivity contribution is -0.121. The van der Waals surface area contributed by atoms with Gasteiger partial charge in [-0.05, 0) is 48.4 Å². The van der Waals surface area contributed by atoms with Crippen molar-refractivity contribution >= 4 is 40.9 Å². The number of carbonyl (C=O) groups excluding carboxylic acids is 1. The Bertz CT molecular complexity index is 1280. The summed E-state index contributed by atoms with van der Waals surface area (Å²) >= 11 is 14.3. The first-order valence-corrected chi connectivity index (χ1v) is 12.3. The average molecular weight is 515 g/mol. The summed E-state index contributed by atoms with van der Waals surface area (Å²) in [6.45, 7) is 1.83. The van der Waals surface area contributed by atoms with Crippen molar-refractivity contribution in [1.29, 1.82) is 0 Å². The summed E-state index contributed by atoms with van der Waals surface area (Å²) < 4.78 is 15.0. The molecule has 0 saturated heterocycles. The van der Waals surface area contributed by atoms with Gasteiger partial charge < -0.3 is 5.32 Å². The lowest BCUT2D eigenvalue weighted by atomic mass is 10.1. The number of amides is 1. The number of nitrogens with zero attached hydrogens (tertiary/aromatic N) is 3. The van der Waals surface area contributed by atoms with Crippen LogP contribution >= 0.6 is 35.0 Å². The molecule has 1 atom stereocenters. The third-order valence-electron chi connectivity index (χ3n) is 5.06. The summed E-state index contributed by atoms with van der Waals surface area (Å²) in [6, 6.07) is 20.6. The molecule has 34 heavy (non-hydrogen) atoms. The number of hydrogen-bond acceptors (Lipinski definition) is 4. The highest BCUT2D eigenvalue weighted by molar-refractivity contribution is 7.98. The van der Waals surface area contributed by atoms with Crippen molar-refractivity contribution in [3.8, 4) is 5.69 Å². The number of thioether (sulfide) groups is 1. The highest BCUT2D eigenvalue weighted by Gasteiger charge is 2.23. The smallest absolute Gasteiger partial charge is 0.224 e. The molecule has 1 N–H and O–H groups in total. The van der Waals surface area contributed by atoms with E-state index >= 15 is 0 Å². The zero-order valence-electron chi connectivity index (χ0n) is 18.2. The topological polar surface area (TPSA) is 59.8 Å². The van der Waals surface area contributed by atoms with Crippen molar-refractivity contribution < 1.29 is 9.18 Å². The van der Waals surface area contributed by atoms with Crippen molar-refractivity contribution in [2.45, 2.75) is 30.3 Å². The molecular weight excluding hydrogens is 494 g/mol. The molecule has 4 aromatic rings. The number of carbonyl (C=O) groups is 1. The first kappa shape index (κ1) is 24.3. The normalized spacial score (nSPS) is 11.9. The van der Waals surface area contributed by atoms with Crippen LogP contribution in [0.4, 0.5) is 4.39 Å². The SMILES string of the molecule is CC(NC(=O)Cc1ccc(F)cc1)c1nnc(SCc2ccccc2)n1-c1cc(Cl)ccc1Cl. The highest BCUT2D eigenvalue weighted by atomic mass is 35.5. The fraction of sp³-hybridized carbons (Fsp3) is 0.160. The van der Waals surface area contributed by atoms with Gasteiger partial charge in [0.2, 0.25) is 5.91 Å². The summed E-state index contributed by atoms with van der Waals surface area (Å²) in [7, 11) is 0. The highest BCUT2D eigenvalue weighted by Crippen LogP contribution is 2.32. The molecule has 1 aromatic heterocycles. The molecule has 0 radical (unpaired) electrons. The largest absolute Gasteiger partial charge is 0.346 e. The number of halogens is 3. The second-order valence-electron chi connectivity index (χ2n) is 7.64. The maximum atomic E-state index is 13.2. The fourth-order valence-corrected chi connectivity index (χ4v) is 4.68. The molecule has 1 unspecified atom stereocenters. The Hall–Kier alpha value is -2.87. The number of aromatic nitrogens is 3. The third-order valence-corrected chi connectivity index (χ3v) is 6.62. The van der Waals surface area contributed by atoms with Gasteiger partial charge in [0.05, 0.1) is 23.2 Å². The molecule has 5 nitrogen and oxygen atoms in total. The zero-order chi connectivity index (χ0) is 24.1. The minimum Gasteiger partial charge on any atom is -0.346 e. The van der Waals surface area contributed by atoms with Crippen molar-refractivity contribution in [2.24, 2.45) is 0 Å². The van der Waals surface area contributed by atoms with E-state index in [1.807, 2.05) is 41.8 Å². The van der Waals surface area contributed by atoms with Crippen LogP contribution in [0.2, 0.25) is 10.0 Å². The van der Waals surface area contributed by atoms with E-state index in [4.69, 9.17) is 23.2 Å². The van der Waals surface area contributed by atoms with Gasteiger partial charge >= 0.3 is 0 Å². The lowest BCUT2D eigenvalue weighted by Crippen LogP contribution is -2.30. The standard InChI is InChI=1S/C25H21Cl2FN4OS/c1-16(29-23(33)13-17-7-10-20(28)11-8-17)24-30-31-25(34-15-18-5-3-2-4-6-18)32(24)22-14-19(26)9-12-21(22)27/h2-12,14,16H,13,15H2,1H3,(H,29,33). The molecule has 174 valence electrons. The van der Waals surface area contributed by atoms with Gasteiger partial charge in [-0.1, -0.05) is 77.4 Å². The van der Waals surface area contributed by atoms with Gasteiger partial charge in [0.1, 0.15) is 5.82 Å². The molecule has 0 aliphatic heterocycles. The minimum absolute atomic E-state index is 0.117. The molecule has 0 aliphatic rings. The Morgan fingerprint density at radius 3 is 2.50 bits per heavy atom. The van der Waals surface area contributed by atoms with Crippen LogP contribution < -0.4 is 5.32 Å². The van der Waals surface area contributed by atoms with Gasteiger partial charge in [0.15, 0.2) is 11.0 Å². The minimum atomic E-state index is -0.471. The van der Waals surface area contributed by atoms with Gasteiger partial charge in [-0.15, -0.1) is 10.2 Å². The van der Waals surface area contributed by atoms with E-state index < -0.39 is 6.04 Å². The van der Waals surface area contributed by atoms with Gasteiger partial charge in [-0.3, -0.25) is 9.36 Å². The second-order valence-corrected chi connectivity index (χ2v) is 9.42. The quantitative estimate of drug-likeness (QED) is 0.275. The number of rotatable bonds is 8. The molecule has 4 rings (SSSR count). The number of benzene rings is 3.